The quantitative estimate of drug-likeness (QED) is 0.154. The molecular weight excluding hydrogens is 549 g/mol. The average molecular weight is 613 g/mol. The number of aryl methyl sites for hydroxylation is 1. The van der Waals surface area contributed by atoms with Gasteiger partial charge < -0.3 is 10.6 Å². The van der Waals surface area contributed by atoms with E-state index in [0.29, 0.717) is 0 Å². The average Bonchev–Trinajstić information content (AvgIpc) is 2.86. The lowest BCUT2D eigenvalue weighted by Crippen LogP contribution is -2.20. The van der Waals surface area contributed by atoms with Crippen molar-refractivity contribution < 1.29 is 0 Å². The van der Waals surface area contributed by atoms with E-state index in [0.717, 1.165) is 32.6 Å². The molecular formula is C38H64N2S2. The molecule has 0 heterocycles. The second-order valence-electron chi connectivity index (χ2n) is 16.2. The van der Waals surface area contributed by atoms with Crippen LogP contribution >= 0.6 is 21.6 Å². The van der Waals surface area contributed by atoms with Crippen LogP contribution in [0.3, 0.4) is 0 Å². The molecule has 0 aliphatic heterocycles. The van der Waals surface area contributed by atoms with Gasteiger partial charge in [0.25, 0.3) is 0 Å². The highest BCUT2D eigenvalue weighted by Gasteiger charge is 2.21. The first-order valence-corrected chi connectivity index (χ1v) is 18.8. The molecule has 0 amide bonds. The van der Waals surface area contributed by atoms with Crippen LogP contribution in [0.4, 0.5) is 0 Å². The first-order chi connectivity index (χ1) is 19.4. The van der Waals surface area contributed by atoms with Gasteiger partial charge in [-0.05, 0) is 100 Å². The zero-order valence-electron chi connectivity index (χ0n) is 29.4. The largest absolute Gasteiger partial charge is 0.317 e. The molecule has 0 atom stereocenters. The van der Waals surface area contributed by atoms with Crippen LogP contribution in [0.15, 0.2) is 36.4 Å². The Morgan fingerprint density at radius 1 is 0.452 bits per heavy atom. The molecule has 2 aromatic rings. The summed E-state index contributed by atoms with van der Waals surface area (Å²) in [6, 6.07) is 14.5. The molecule has 2 nitrogen and oxygen atoms in total. The molecule has 0 spiro atoms. The van der Waals surface area contributed by atoms with Gasteiger partial charge in [-0.15, -0.1) is 0 Å². The Balaban J connectivity index is 1.57. The van der Waals surface area contributed by atoms with Gasteiger partial charge >= 0.3 is 0 Å². The van der Waals surface area contributed by atoms with Crippen molar-refractivity contribution in [3.63, 3.8) is 0 Å². The Morgan fingerprint density at radius 2 is 0.810 bits per heavy atom. The molecule has 2 rings (SSSR count). The standard InChI is InChI=1S/C38H64N2S2/c1-35(2,3)31-22-29(23-32(26-31)36(4,5)6)16-13-17-39-18-14-20-41-42-21-15-19-40-28-30-24-33(37(7,8)9)27-34(25-30)38(10,11)12/h22-27,39-40H,13-21,28H2,1-12H3. The number of hydrogen-bond donors (Lipinski definition) is 2. The van der Waals surface area contributed by atoms with Gasteiger partial charge in [0, 0.05) is 18.1 Å². The third-order valence-electron chi connectivity index (χ3n) is 7.84. The maximum atomic E-state index is 3.69. The van der Waals surface area contributed by atoms with Gasteiger partial charge in [0.15, 0.2) is 0 Å². The third kappa shape index (κ3) is 13.8. The minimum atomic E-state index is 0.175. The Morgan fingerprint density at radius 3 is 1.21 bits per heavy atom. The van der Waals surface area contributed by atoms with Crippen LogP contribution in [0, 0.1) is 0 Å². The van der Waals surface area contributed by atoms with Crippen molar-refractivity contribution in [3.8, 4) is 0 Å². The molecule has 0 aliphatic rings. The minimum absolute atomic E-state index is 0.175. The highest BCUT2D eigenvalue weighted by Crippen LogP contribution is 2.32. The normalized spacial score (nSPS) is 13.1. The second-order valence-corrected chi connectivity index (χ2v) is 18.9. The molecule has 42 heavy (non-hydrogen) atoms. The molecule has 0 unspecified atom stereocenters. The van der Waals surface area contributed by atoms with Gasteiger partial charge in [0.1, 0.15) is 0 Å². The Bertz CT molecular complexity index is 926. The molecule has 0 radical (unpaired) electrons. The van der Waals surface area contributed by atoms with Crippen molar-refractivity contribution in [2.75, 3.05) is 31.1 Å². The zero-order chi connectivity index (χ0) is 31.6. The maximum absolute atomic E-state index is 3.69. The molecule has 2 N–H and O–H groups in total. The summed E-state index contributed by atoms with van der Waals surface area (Å²) in [6.45, 7) is 32.1. The van der Waals surface area contributed by atoms with Crippen LogP contribution < -0.4 is 10.6 Å². The highest BCUT2D eigenvalue weighted by molar-refractivity contribution is 8.76. The molecule has 0 aromatic heterocycles. The fraction of sp³-hybridized carbons (Fsp3) is 0.684. The smallest absolute Gasteiger partial charge is 0.0205 e. The molecule has 0 fully saturated rings. The molecule has 238 valence electrons. The summed E-state index contributed by atoms with van der Waals surface area (Å²) < 4.78 is 0. The maximum Gasteiger partial charge on any atom is 0.0205 e. The summed E-state index contributed by atoms with van der Waals surface area (Å²) in [5, 5.41) is 7.36. The van der Waals surface area contributed by atoms with Crippen LogP contribution in [0.2, 0.25) is 0 Å². The summed E-state index contributed by atoms with van der Waals surface area (Å²) in [6.07, 6.45) is 4.81. The SMILES string of the molecule is CC(C)(C)c1cc(CCCNCCCSSCCCNCc2cc(C(C)(C)C)cc(C(C)(C)C)c2)cc(C(C)(C)C)c1. The van der Waals surface area contributed by atoms with Crippen LogP contribution in [0.5, 0.6) is 0 Å². The van der Waals surface area contributed by atoms with Gasteiger partial charge in [-0.2, -0.15) is 0 Å². The van der Waals surface area contributed by atoms with E-state index in [1.54, 1.807) is 0 Å². The van der Waals surface area contributed by atoms with Crippen LogP contribution in [-0.4, -0.2) is 31.1 Å². The summed E-state index contributed by atoms with van der Waals surface area (Å²) in [5.74, 6) is 2.44. The van der Waals surface area contributed by atoms with E-state index in [-0.39, 0.29) is 21.7 Å². The highest BCUT2D eigenvalue weighted by atomic mass is 33.1. The van der Waals surface area contributed by atoms with Crippen molar-refractivity contribution in [2.45, 2.75) is 137 Å². The summed E-state index contributed by atoms with van der Waals surface area (Å²) in [4.78, 5) is 0. The third-order valence-corrected chi connectivity index (χ3v) is 10.4. The minimum Gasteiger partial charge on any atom is -0.317 e. The van der Waals surface area contributed by atoms with Gasteiger partial charge in [0.05, 0.1) is 0 Å². The van der Waals surface area contributed by atoms with Crippen molar-refractivity contribution in [3.05, 3.63) is 69.8 Å². The number of nitrogens with one attached hydrogen (secondary N) is 2. The Kier molecular flexibility index (Phi) is 14.5. The lowest BCUT2D eigenvalue weighted by atomic mass is 9.79. The van der Waals surface area contributed by atoms with Gasteiger partial charge in [-0.25, -0.2) is 0 Å². The lowest BCUT2D eigenvalue weighted by molar-refractivity contribution is 0.564. The van der Waals surface area contributed by atoms with Crippen molar-refractivity contribution in [1.82, 2.24) is 10.6 Å². The number of hydrogen-bond acceptors (Lipinski definition) is 4. The van der Waals surface area contributed by atoms with Crippen LogP contribution in [0.1, 0.15) is 136 Å². The monoisotopic (exact) mass is 612 g/mol. The van der Waals surface area contributed by atoms with Crippen LogP contribution in [0.25, 0.3) is 0 Å². The molecule has 0 saturated carbocycles. The zero-order valence-corrected chi connectivity index (χ0v) is 31.0. The van der Waals surface area contributed by atoms with Crippen molar-refractivity contribution in [2.24, 2.45) is 0 Å². The molecule has 0 aliphatic carbocycles. The predicted molar refractivity (Wildman–Crippen MR) is 195 cm³/mol. The number of rotatable bonds is 15. The summed E-state index contributed by atoms with van der Waals surface area (Å²) in [5.41, 5.74) is 9.43. The molecule has 2 aromatic carbocycles. The van der Waals surface area contributed by atoms with Gasteiger partial charge in [-0.3, -0.25) is 0 Å². The second kappa shape index (κ2) is 16.4. The van der Waals surface area contributed by atoms with Gasteiger partial charge in [-0.1, -0.05) is 141 Å². The molecule has 4 heteroatoms. The Hall–Kier alpha value is -0.940. The summed E-state index contributed by atoms with van der Waals surface area (Å²) in [7, 11) is 4.07. The fourth-order valence-electron chi connectivity index (χ4n) is 4.77. The summed E-state index contributed by atoms with van der Waals surface area (Å²) >= 11 is 0. The topological polar surface area (TPSA) is 24.1 Å². The lowest BCUT2D eigenvalue weighted by Gasteiger charge is -2.26. The van der Waals surface area contributed by atoms with Gasteiger partial charge in [0.2, 0.25) is 0 Å². The van der Waals surface area contributed by atoms with E-state index >= 15 is 0 Å². The molecule has 0 bridgehead atoms. The van der Waals surface area contributed by atoms with Crippen molar-refractivity contribution >= 4 is 21.6 Å². The van der Waals surface area contributed by atoms with E-state index in [1.165, 1.54) is 64.1 Å². The predicted octanol–water partition coefficient (Wildman–Crippen LogP) is 10.4. The first-order valence-electron chi connectivity index (χ1n) is 16.3. The van der Waals surface area contributed by atoms with Crippen molar-refractivity contribution in [1.29, 1.82) is 0 Å². The van der Waals surface area contributed by atoms with E-state index in [9.17, 15) is 0 Å². The van der Waals surface area contributed by atoms with E-state index in [1.807, 2.05) is 21.6 Å². The number of benzene rings is 2. The van der Waals surface area contributed by atoms with E-state index in [2.05, 4.69) is 130 Å². The first kappa shape index (κ1) is 37.2. The Labute approximate surface area is 269 Å². The van der Waals surface area contributed by atoms with E-state index in [4.69, 9.17) is 0 Å². The van der Waals surface area contributed by atoms with E-state index < -0.39 is 0 Å². The fourth-order valence-corrected chi connectivity index (χ4v) is 6.94. The molecule has 0 saturated heterocycles. The van der Waals surface area contributed by atoms with Crippen LogP contribution in [-0.2, 0) is 34.6 Å².